The number of benzene rings is 1. The Morgan fingerprint density at radius 1 is 1.13 bits per heavy atom. The molecule has 2 amide bonds. The van der Waals surface area contributed by atoms with Gasteiger partial charge in [-0.15, -0.1) is 0 Å². The van der Waals surface area contributed by atoms with E-state index in [-0.39, 0.29) is 30.9 Å². The summed E-state index contributed by atoms with van der Waals surface area (Å²) in [6.45, 7) is 8.60. The van der Waals surface area contributed by atoms with Crippen LogP contribution in [0.25, 0.3) is 0 Å². The summed E-state index contributed by atoms with van der Waals surface area (Å²) >= 11 is 0. The van der Waals surface area contributed by atoms with Crippen LogP contribution < -0.4 is 5.32 Å². The van der Waals surface area contributed by atoms with Crippen LogP contribution in [-0.2, 0) is 32.0 Å². The lowest BCUT2D eigenvalue weighted by atomic mass is 9.77. The average Bonchev–Trinajstić information content (AvgIpc) is 3.15. The summed E-state index contributed by atoms with van der Waals surface area (Å²) in [5, 5.41) is 2.91. The number of amides is 2. The van der Waals surface area contributed by atoms with E-state index in [9.17, 15) is 14.4 Å². The Balaban J connectivity index is 1.54. The van der Waals surface area contributed by atoms with Gasteiger partial charge in [0.05, 0.1) is 5.92 Å². The predicted octanol–water partition coefficient (Wildman–Crippen LogP) is 3.97. The molecule has 1 heterocycles. The fraction of sp³-hybridized carbons (Fsp3) is 0.640. The third-order valence-electron chi connectivity index (χ3n) is 7.16. The first-order valence-electron chi connectivity index (χ1n) is 11.7. The molecule has 170 valence electrons. The van der Waals surface area contributed by atoms with Crippen LogP contribution in [0.3, 0.4) is 0 Å². The van der Waals surface area contributed by atoms with Gasteiger partial charge < -0.3 is 15.0 Å². The standard InChI is InChI=1S/C25H36N2O4/c1-5-18-10-8-11-19(6-2)24(18)26-22(28)15-31-25(30)20-13-23(29)27(14-20)21-12-7-9-16(3)17(21)4/h8,10-11,16-17,20-21H,5-7,9,12-15H2,1-4H3,(H,26,28)/t16-,17-,20-,21+/m0/s1. The molecule has 1 aromatic carbocycles. The van der Waals surface area contributed by atoms with E-state index in [0.717, 1.165) is 42.5 Å². The number of nitrogens with one attached hydrogen (secondary N) is 1. The van der Waals surface area contributed by atoms with Gasteiger partial charge in [-0.1, -0.05) is 58.7 Å². The molecule has 1 aliphatic heterocycles. The highest BCUT2D eigenvalue weighted by Crippen LogP contribution is 2.36. The van der Waals surface area contributed by atoms with E-state index in [1.807, 2.05) is 36.9 Å². The maximum absolute atomic E-state index is 12.6. The summed E-state index contributed by atoms with van der Waals surface area (Å²) < 4.78 is 5.31. The van der Waals surface area contributed by atoms with E-state index in [0.29, 0.717) is 18.4 Å². The molecule has 1 saturated heterocycles. The van der Waals surface area contributed by atoms with E-state index < -0.39 is 11.9 Å². The Labute approximate surface area is 185 Å². The number of carbonyl (C=O) groups excluding carboxylic acids is 3. The van der Waals surface area contributed by atoms with Crippen molar-refractivity contribution in [3.63, 3.8) is 0 Å². The molecule has 0 spiro atoms. The quantitative estimate of drug-likeness (QED) is 0.667. The maximum Gasteiger partial charge on any atom is 0.311 e. The van der Waals surface area contributed by atoms with Gasteiger partial charge in [-0.25, -0.2) is 0 Å². The number of nitrogens with zero attached hydrogens (tertiary/aromatic N) is 1. The van der Waals surface area contributed by atoms with Crippen molar-refractivity contribution in [2.75, 3.05) is 18.5 Å². The zero-order valence-electron chi connectivity index (χ0n) is 19.3. The number of hydrogen-bond acceptors (Lipinski definition) is 4. The van der Waals surface area contributed by atoms with E-state index in [1.54, 1.807) is 0 Å². The normalized spacial score (nSPS) is 26.1. The topological polar surface area (TPSA) is 75.7 Å². The summed E-state index contributed by atoms with van der Waals surface area (Å²) in [5.41, 5.74) is 2.94. The van der Waals surface area contributed by atoms with Gasteiger partial charge in [0, 0.05) is 24.7 Å². The van der Waals surface area contributed by atoms with Crippen LogP contribution in [0.15, 0.2) is 18.2 Å². The zero-order valence-corrected chi connectivity index (χ0v) is 19.3. The highest BCUT2D eigenvalue weighted by atomic mass is 16.5. The second-order valence-electron chi connectivity index (χ2n) is 9.10. The van der Waals surface area contributed by atoms with Gasteiger partial charge in [-0.2, -0.15) is 0 Å². The predicted molar refractivity (Wildman–Crippen MR) is 121 cm³/mol. The van der Waals surface area contributed by atoms with Crippen LogP contribution >= 0.6 is 0 Å². The molecule has 0 unspecified atom stereocenters. The van der Waals surface area contributed by atoms with Crippen LogP contribution in [0.4, 0.5) is 5.69 Å². The number of ether oxygens (including phenoxy) is 1. The minimum absolute atomic E-state index is 0.0295. The lowest BCUT2D eigenvalue weighted by Gasteiger charge is -2.39. The molecule has 6 heteroatoms. The van der Waals surface area contributed by atoms with Gasteiger partial charge in [-0.05, 0) is 42.2 Å². The zero-order chi connectivity index (χ0) is 22.5. The molecular weight excluding hydrogens is 392 g/mol. The van der Waals surface area contributed by atoms with Crippen LogP contribution in [0, 0.1) is 17.8 Å². The van der Waals surface area contributed by atoms with Crippen molar-refractivity contribution in [3.05, 3.63) is 29.3 Å². The molecule has 1 saturated carbocycles. The first kappa shape index (κ1) is 23.3. The monoisotopic (exact) mass is 428 g/mol. The molecule has 0 bridgehead atoms. The van der Waals surface area contributed by atoms with Gasteiger partial charge in [0.15, 0.2) is 6.61 Å². The van der Waals surface area contributed by atoms with Crippen LogP contribution in [0.5, 0.6) is 0 Å². The van der Waals surface area contributed by atoms with Crippen LogP contribution in [-0.4, -0.2) is 41.9 Å². The van der Waals surface area contributed by atoms with Crippen molar-refractivity contribution in [1.29, 1.82) is 0 Å². The summed E-state index contributed by atoms with van der Waals surface area (Å²) in [4.78, 5) is 39.5. The summed E-state index contributed by atoms with van der Waals surface area (Å²) in [6.07, 6.45) is 5.10. The Bertz CT molecular complexity index is 799. The van der Waals surface area contributed by atoms with Crippen molar-refractivity contribution in [3.8, 4) is 0 Å². The molecule has 2 aliphatic rings. The average molecular weight is 429 g/mol. The lowest BCUT2D eigenvalue weighted by molar-refractivity contribution is -0.151. The number of esters is 1. The van der Waals surface area contributed by atoms with Gasteiger partial charge in [0.2, 0.25) is 5.91 Å². The lowest BCUT2D eigenvalue weighted by Crippen LogP contribution is -2.45. The molecule has 1 aliphatic carbocycles. The van der Waals surface area contributed by atoms with Crippen molar-refractivity contribution in [2.45, 2.75) is 72.3 Å². The fourth-order valence-corrected chi connectivity index (χ4v) is 5.04. The highest BCUT2D eigenvalue weighted by molar-refractivity contribution is 5.95. The Morgan fingerprint density at radius 3 is 2.45 bits per heavy atom. The molecule has 3 rings (SSSR count). The number of aryl methyl sites for hydroxylation is 2. The molecule has 6 nitrogen and oxygen atoms in total. The Hall–Kier alpha value is -2.37. The summed E-state index contributed by atoms with van der Waals surface area (Å²) in [7, 11) is 0. The van der Waals surface area contributed by atoms with E-state index in [1.165, 1.54) is 6.42 Å². The van der Waals surface area contributed by atoms with Crippen LogP contribution in [0.1, 0.15) is 64.5 Å². The highest BCUT2D eigenvalue weighted by Gasteiger charge is 2.42. The van der Waals surface area contributed by atoms with Gasteiger partial charge in [-0.3, -0.25) is 14.4 Å². The Kier molecular flexibility index (Phi) is 7.74. The number of rotatable bonds is 7. The van der Waals surface area contributed by atoms with Gasteiger partial charge in [0.25, 0.3) is 5.91 Å². The summed E-state index contributed by atoms with van der Waals surface area (Å²) in [5.74, 6) is -0.243. The van der Waals surface area contributed by atoms with Crippen molar-refractivity contribution in [2.24, 2.45) is 17.8 Å². The number of carbonyl (C=O) groups is 3. The number of likely N-dealkylation sites (tertiary alicyclic amines) is 1. The first-order chi connectivity index (χ1) is 14.8. The molecule has 4 atom stereocenters. The molecular formula is C25H36N2O4. The van der Waals surface area contributed by atoms with Gasteiger partial charge in [0.1, 0.15) is 0 Å². The second-order valence-corrected chi connectivity index (χ2v) is 9.10. The number of anilines is 1. The smallest absolute Gasteiger partial charge is 0.311 e. The number of hydrogen-bond donors (Lipinski definition) is 1. The largest absolute Gasteiger partial charge is 0.455 e. The van der Waals surface area contributed by atoms with Gasteiger partial charge >= 0.3 is 5.97 Å². The third-order valence-corrected chi connectivity index (χ3v) is 7.16. The van der Waals surface area contributed by atoms with Crippen molar-refractivity contribution < 1.29 is 19.1 Å². The first-order valence-corrected chi connectivity index (χ1v) is 11.7. The Morgan fingerprint density at radius 2 is 1.81 bits per heavy atom. The summed E-state index contributed by atoms with van der Waals surface area (Å²) in [6, 6.07) is 6.18. The molecule has 0 radical (unpaired) electrons. The van der Waals surface area contributed by atoms with E-state index in [4.69, 9.17) is 4.74 Å². The molecule has 1 aromatic rings. The van der Waals surface area contributed by atoms with Crippen molar-refractivity contribution >= 4 is 23.5 Å². The third kappa shape index (κ3) is 5.28. The fourth-order valence-electron chi connectivity index (χ4n) is 5.04. The molecule has 1 N–H and O–H groups in total. The molecule has 2 fully saturated rings. The molecule has 31 heavy (non-hydrogen) atoms. The maximum atomic E-state index is 12.6. The molecule has 0 aromatic heterocycles. The van der Waals surface area contributed by atoms with Crippen molar-refractivity contribution in [1.82, 2.24) is 4.90 Å². The minimum atomic E-state index is -0.487. The second kappa shape index (κ2) is 10.3. The number of para-hydroxylation sites is 1. The van der Waals surface area contributed by atoms with E-state index >= 15 is 0 Å². The van der Waals surface area contributed by atoms with E-state index in [2.05, 4.69) is 19.2 Å². The van der Waals surface area contributed by atoms with Crippen LogP contribution in [0.2, 0.25) is 0 Å². The SMILES string of the molecule is CCc1cccc(CC)c1NC(=O)COC(=O)[C@H]1CC(=O)N([C@@H]2CCC[C@H](C)[C@@H]2C)C1. The minimum Gasteiger partial charge on any atom is -0.455 e.